The standard InChI is InChI=1S/C20H26O5S/c1-10-4-5-13(7-14(10)8-15-6-11(2)12(3)26-15)20-19(24)18(23)17(22)16(9-21)25-20/h4-7,16-24H,8-9H2,1-3H3/t16-,17-,18+,19-,20+/m1/s1. The van der Waals surface area contributed by atoms with Crippen molar-refractivity contribution >= 4 is 11.3 Å². The van der Waals surface area contributed by atoms with E-state index in [9.17, 15) is 20.4 Å². The quantitative estimate of drug-likeness (QED) is 0.651. The van der Waals surface area contributed by atoms with Gasteiger partial charge in [-0.1, -0.05) is 18.2 Å². The van der Waals surface area contributed by atoms with Gasteiger partial charge in [-0.15, -0.1) is 11.3 Å². The minimum Gasteiger partial charge on any atom is -0.394 e. The molecule has 1 saturated heterocycles. The maximum Gasteiger partial charge on any atom is 0.113 e. The normalized spacial score (nSPS) is 29.1. The van der Waals surface area contributed by atoms with Crippen molar-refractivity contribution in [3.8, 4) is 0 Å². The van der Waals surface area contributed by atoms with Crippen LogP contribution in [0.15, 0.2) is 24.3 Å². The summed E-state index contributed by atoms with van der Waals surface area (Å²) in [5.41, 5.74) is 4.28. The Bertz CT molecular complexity index is 750. The Balaban J connectivity index is 1.88. The molecule has 0 amide bonds. The van der Waals surface area contributed by atoms with Crippen molar-refractivity contribution in [2.45, 2.75) is 57.7 Å². The molecule has 142 valence electrons. The molecule has 0 bridgehead atoms. The molecule has 1 aromatic carbocycles. The number of hydrogen-bond acceptors (Lipinski definition) is 6. The molecule has 5 nitrogen and oxygen atoms in total. The summed E-state index contributed by atoms with van der Waals surface area (Å²) in [6.45, 7) is 5.83. The maximum atomic E-state index is 10.3. The van der Waals surface area contributed by atoms with Gasteiger partial charge in [-0.2, -0.15) is 0 Å². The predicted molar refractivity (Wildman–Crippen MR) is 100 cm³/mol. The second kappa shape index (κ2) is 7.76. The molecule has 2 heterocycles. The molecule has 3 rings (SSSR count). The van der Waals surface area contributed by atoms with Crippen molar-refractivity contribution in [1.29, 1.82) is 0 Å². The van der Waals surface area contributed by atoms with Gasteiger partial charge in [-0.25, -0.2) is 0 Å². The molecule has 26 heavy (non-hydrogen) atoms. The Hall–Kier alpha value is -1.28. The van der Waals surface area contributed by atoms with Gasteiger partial charge in [0.25, 0.3) is 0 Å². The summed E-state index contributed by atoms with van der Waals surface area (Å²) in [4.78, 5) is 2.58. The molecule has 2 aromatic rings. The van der Waals surface area contributed by atoms with Gasteiger partial charge < -0.3 is 25.2 Å². The second-order valence-electron chi connectivity index (χ2n) is 7.06. The van der Waals surface area contributed by atoms with Crippen molar-refractivity contribution in [3.63, 3.8) is 0 Å². The zero-order valence-corrected chi connectivity index (χ0v) is 16.0. The lowest BCUT2D eigenvalue weighted by Gasteiger charge is -2.40. The summed E-state index contributed by atoms with van der Waals surface area (Å²) >= 11 is 1.78. The zero-order chi connectivity index (χ0) is 19.0. The first-order valence-corrected chi connectivity index (χ1v) is 9.59. The van der Waals surface area contributed by atoms with Crippen LogP contribution in [0, 0.1) is 20.8 Å². The van der Waals surface area contributed by atoms with E-state index in [0.29, 0.717) is 0 Å². The summed E-state index contributed by atoms with van der Waals surface area (Å²) < 4.78 is 5.68. The topological polar surface area (TPSA) is 90.2 Å². The molecule has 5 atom stereocenters. The van der Waals surface area contributed by atoms with Gasteiger partial charge in [0.1, 0.15) is 30.5 Å². The first-order valence-electron chi connectivity index (χ1n) is 8.77. The van der Waals surface area contributed by atoms with E-state index < -0.39 is 37.1 Å². The van der Waals surface area contributed by atoms with Crippen LogP contribution in [0.25, 0.3) is 0 Å². The van der Waals surface area contributed by atoms with Gasteiger partial charge in [0.05, 0.1) is 6.61 Å². The average Bonchev–Trinajstić information content (AvgIpc) is 2.93. The van der Waals surface area contributed by atoms with Crippen LogP contribution < -0.4 is 0 Å². The zero-order valence-electron chi connectivity index (χ0n) is 15.2. The molecule has 0 spiro atoms. The minimum absolute atomic E-state index is 0.423. The molecular formula is C20H26O5S. The van der Waals surface area contributed by atoms with E-state index in [1.54, 1.807) is 11.3 Å². The van der Waals surface area contributed by atoms with Gasteiger partial charge in [0, 0.05) is 16.2 Å². The number of aliphatic hydroxyl groups excluding tert-OH is 4. The van der Waals surface area contributed by atoms with Crippen molar-refractivity contribution in [2.75, 3.05) is 6.61 Å². The SMILES string of the molecule is Cc1ccc([C@@H]2O[C@H](CO)[C@@H](O)[C@H](O)[C@H]2O)cc1Cc1cc(C)c(C)s1. The molecule has 0 aliphatic carbocycles. The first kappa shape index (κ1) is 19.5. The van der Waals surface area contributed by atoms with E-state index in [0.717, 1.165) is 23.1 Å². The van der Waals surface area contributed by atoms with Crippen LogP contribution in [0.4, 0.5) is 0 Å². The molecule has 1 fully saturated rings. The van der Waals surface area contributed by atoms with Gasteiger partial charge in [-0.05, 0) is 49.1 Å². The van der Waals surface area contributed by atoms with Crippen molar-refractivity contribution in [1.82, 2.24) is 0 Å². The highest BCUT2D eigenvalue weighted by Crippen LogP contribution is 2.34. The Morgan fingerprint density at radius 3 is 2.31 bits per heavy atom. The van der Waals surface area contributed by atoms with E-state index in [1.807, 2.05) is 25.1 Å². The van der Waals surface area contributed by atoms with Gasteiger partial charge in [0.15, 0.2) is 0 Å². The fraction of sp³-hybridized carbons (Fsp3) is 0.500. The maximum absolute atomic E-state index is 10.3. The average molecular weight is 378 g/mol. The van der Waals surface area contributed by atoms with Crippen LogP contribution in [0.3, 0.4) is 0 Å². The second-order valence-corrected chi connectivity index (χ2v) is 8.40. The van der Waals surface area contributed by atoms with E-state index in [1.165, 1.54) is 15.3 Å². The van der Waals surface area contributed by atoms with Crippen LogP contribution in [0.5, 0.6) is 0 Å². The van der Waals surface area contributed by atoms with Gasteiger partial charge in [-0.3, -0.25) is 0 Å². The summed E-state index contributed by atoms with van der Waals surface area (Å²) in [6.07, 6.45) is -4.86. The Morgan fingerprint density at radius 1 is 0.962 bits per heavy atom. The van der Waals surface area contributed by atoms with Crippen molar-refractivity contribution < 1.29 is 25.2 Å². The number of rotatable bonds is 4. The Morgan fingerprint density at radius 2 is 1.69 bits per heavy atom. The summed E-state index contributed by atoms with van der Waals surface area (Å²) in [7, 11) is 0. The van der Waals surface area contributed by atoms with Crippen LogP contribution >= 0.6 is 11.3 Å². The fourth-order valence-corrected chi connectivity index (χ4v) is 4.44. The molecule has 0 radical (unpaired) electrons. The fourth-order valence-electron chi connectivity index (χ4n) is 3.36. The third kappa shape index (κ3) is 3.71. The Kier molecular flexibility index (Phi) is 5.81. The molecule has 1 aromatic heterocycles. The molecule has 1 aliphatic heterocycles. The number of thiophene rings is 1. The van der Waals surface area contributed by atoms with Crippen molar-refractivity contribution in [2.24, 2.45) is 0 Å². The monoisotopic (exact) mass is 378 g/mol. The van der Waals surface area contributed by atoms with E-state index in [2.05, 4.69) is 19.9 Å². The number of aryl methyl sites for hydroxylation is 3. The van der Waals surface area contributed by atoms with Crippen LogP contribution in [-0.4, -0.2) is 51.4 Å². The molecule has 4 N–H and O–H groups in total. The van der Waals surface area contributed by atoms with E-state index >= 15 is 0 Å². The van der Waals surface area contributed by atoms with Crippen LogP contribution in [0.1, 0.15) is 38.1 Å². The third-order valence-electron chi connectivity index (χ3n) is 5.18. The largest absolute Gasteiger partial charge is 0.394 e. The minimum atomic E-state index is -1.36. The highest BCUT2D eigenvalue weighted by atomic mass is 32.1. The third-order valence-corrected chi connectivity index (χ3v) is 6.33. The number of hydrogen-bond donors (Lipinski definition) is 4. The van der Waals surface area contributed by atoms with Crippen molar-refractivity contribution in [3.05, 3.63) is 56.3 Å². The number of benzene rings is 1. The lowest BCUT2D eigenvalue weighted by molar-refractivity contribution is -0.231. The number of aliphatic hydroxyl groups is 4. The predicted octanol–water partition coefficient (Wildman–Crippen LogP) is 1.78. The summed E-state index contributed by atoms with van der Waals surface area (Å²) in [5, 5.41) is 39.7. The molecular weight excluding hydrogens is 352 g/mol. The van der Waals surface area contributed by atoms with Gasteiger partial charge in [0.2, 0.25) is 0 Å². The highest BCUT2D eigenvalue weighted by molar-refractivity contribution is 7.12. The summed E-state index contributed by atoms with van der Waals surface area (Å²) in [6, 6.07) is 8.00. The lowest BCUT2D eigenvalue weighted by atomic mass is 9.89. The van der Waals surface area contributed by atoms with Crippen LogP contribution in [-0.2, 0) is 11.2 Å². The highest BCUT2D eigenvalue weighted by Gasteiger charge is 2.43. The van der Waals surface area contributed by atoms with Gasteiger partial charge >= 0.3 is 0 Å². The molecule has 1 aliphatic rings. The summed E-state index contributed by atoms with van der Waals surface area (Å²) in [5.74, 6) is 0. The number of ether oxygens (including phenoxy) is 1. The first-order chi connectivity index (χ1) is 12.3. The molecule has 0 saturated carbocycles. The molecule has 0 unspecified atom stereocenters. The van der Waals surface area contributed by atoms with E-state index in [-0.39, 0.29) is 0 Å². The van der Waals surface area contributed by atoms with E-state index in [4.69, 9.17) is 4.74 Å². The smallest absolute Gasteiger partial charge is 0.113 e. The molecule has 6 heteroatoms. The van der Waals surface area contributed by atoms with Crippen LogP contribution in [0.2, 0.25) is 0 Å². The Labute approximate surface area is 157 Å². The lowest BCUT2D eigenvalue weighted by Crippen LogP contribution is -2.55.